The van der Waals surface area contributed by atoms with E-state index in [-0.39, 0.29) is 22.3 Å². The van der Waals surface area contributed by atoms with Crippen molar-refractivity contribution in [3.8, 4) is 5.69 Å². The van der Waals surface area contributed by atoms with Crippen molar-refractivity contribution in [2.45, 2.75) is 6.92 Å². The van der Waals surface area contributed by atoms with Crippen LogP contribution in [0.3, 0.4) is 0 Å². The lowest BCUT2D eigenvalue weighted by molar-refractivity contribution is -0.384. The molecule has 0 saturated heterocycles. The van der Waals surface area contributed by atoms with E-state index >= 15 is 0 Å². The van der Waals surface area contributed by atoms with E-state index in [1.807, 2.05) is 0 Å². The van der Waals surface area contributed by atoms with Gasteiger partial charge in [0, 0.05) is 13.0 Å². The Bertz CT molecular complexity index is 646. The Morgan fingerprint density at radius 3 is 2.76 bits per heavy atom. The van der Waals surface area contributed by atoms with Crippen LogP contribution in [0.2, 0.25) is 5.02 Å². The molecule has 0 unspecified atom stereocenters. The molecule has 0 amide bonds. The molecule has 1 aromatic heterocycles. The Balaban J connectivity index is 2.61. The lowest BCUT2D eigenvalue weighted by atomic mass is 10.3. The van der Waals surface area contributed by atoms with Gasteiger partial charge in [0.2, 0.25) is 5.89 Å². The fraction of sp³-hybridized carbons (Fsp3) is 0.111. The van der Waals surface area contributed by atoms with Gasteiger partial charge in [-0.25, -0.2) is 4.79 Å². The first-order valence-electron chi connectivity index (χ1n) is 4.50. The molecule has 0 saturated carbocycles. The van der Waals surface area contributed by atoms with E-state index in [0.717, 1.165) is 10.7 Å². The molecule has 1 aromatic carbocycles. The predicted molar refractivity (Wildman–Crippen MR) is 58.5 cm³/mol. The predicted octanol–water partition coefficient (Wildman–Crippen LogP) is 1.70. The lowest BCUT2D eigenvalue weighted by Gasteiger charge is -1.99. The maximum atomic E-state index is 11.3. The summed E-state index contributed by atoms with van der Waals surface area (Å²) in [6.45, 7) is 1.50. The summed E-state index contributed by atoms with van der Waals surface area (Å²) < 4.78 is 5.62. The Kier molecular flexibility index (Phi) is 2.68. The number of halogens is 1. The molecule has 88 valence electrons. The van der Waals surface area contributed by atoms with Gasteiger partial charge in [0.05, 0.1) is 10.6 Å². The van der Waals surface area contributed by atoms with E-state index < -0.39 is 10.7 Å². The van der Waals surface area contributed by atoms with Gasteiger partial charge in [0.25, 0.3) is 5.69 Å². The molecular formula is C9H6ClN3O4. The molecule has 2 rings (SSSR count). The number of hydrogen-bond acceptors (Lipinski definition) is 5. The maximum absolute atomic E-state index is 11.3. The number of nitro benzene ring substituents is 1. The molecule has 8 heteroatoms. The van der Waals surface area contributed by atoms with Crippen molar-refractivity contribution in [2.75, 3.05) is 0 Å². The zero-order valence-corrected chi connectivity index (χ0v) is 9.34. The molecule has 0 atom stereocenters. The summed E-state index contributed by atoms with van der Waals surface area (Å²) in [6, 6.07) is 3.93. The van der Waals surface area contributed by atoms with Gasteiger partial charge in [0.15, 0.2) is 0 Å². The average Bonchev–Trinajstić information content (AvgIpc) is 2.58. The summed E-state index contributed by atoms with van der Waals surface area (Å²) in [5, 5.41) is 14.5. The molecule has 0 spiro atoms. The second kappa shape index (κ2) is 4.02. The summed E-state index contributed by atoms with van der Waals surface area (Å²) in [7, 11) is 0. The molecule has 0 fully saturated rings. The summed E-state index contributed by atoms with van der Waals surface area (Å²) >= 11 is 5.65. The van der Waals surface area contributed by atoms with Crippen molar-refractivity contribution < 1.29 is 9.34 Å². The first-order chi connectivity index (χ1) is 7.99. The van der Waals surface area contributed by atoms with E-state index in [2.05, 4.69) is 5.10 Å². The third-order valence-corrected chi connectivity index (χ3v) is 2.34. The largest absolute Gasteiger partial charge is 0.441 e. The molecule has 0 radical (unpaired) electrons. The van der Waals surface area contributed by atoms with Gasteiger partial charge in [-0.1, -0.05) is 11.6 Å². The van der Waals surface area contributed by atoms with E-state index in [9.17, 15) is 14.9 Å². The Labute approximate surface area is 99.4 Å². The van der Waals surface area contributed by atoms with Crippen LogP contribution in [0.5, 0.6) is 0 Å². The standard InChI is InChI=1S/C9H6ClN3O4/c1-5-11-12(9(14)17-5)6-2-3-7(10)8(4-6)13(15)16/h2-4H,1H3. The molecule has 0 bridgehead atoms. The summed E-state index contributed by atoms with van der Waals surface area (Å²) in [5.74, 6) is -0.535. The normalized spacial score (nSPS) is 10.5. The van der Waals surface area contributed by atoms with Crippen LogP contribution in [-0.2, 0) is 0 Å². The van der Waals surface area contributed by atoms with Crippen LogP contribution < -0.4 is 5.76 Å². The van der Waals surface area contributed by atoms with Gasteiger partial charge in [-0.15, -0.1) is 5.10 Å². The minimum Gasteiger partial charge on any atom is -0.392 e. The quantitative estimate of drug-likeness (QED) is 0.601. The van der Waals surface area contributed by atoms with Crippen molar-refractivity contribution in [3.63, 3.8) is 0 Å². The van der Waals surface area contributed by atoms with Crippen LogP contribution in [-0.4, -0.2) is 14.7 Å². The highest BCUT2D eigenvalue weighted by molar-refractivity contribution is 6.32. The molecule has 0 aliphatic heterocycles. The van der Waals surface area contributed by atoms with Crippen LogP contribution in [0.4, 0.5) is 5.69 Å². The van der Waals surface area contributed by atoms with Gasteiger partial charge < -0.3 is 4.42 Å². The van der Waals surface area contributed by atoms with Crippen molar-refractivity contribution in [1.29, 1.82) is 0 Å². The second-order valence-electron chi connectivity index (χ2n) is 3.19. The van der Waals surface area contributed by atoms with Gasteiger partial charge in [-0.3, -0.25) is 10.1 Å². The van der Waals surface area contributed by atoms with Crippen molar-refractivity contribution in [3.05, 3.63) is 49.8 Å². The van der Waals surface area contributed by atoms with Crippen LogP contribution >= 0.6 is 11.6 Å². The fourth-order valence-corrected chi connectivity index (χ4v) is 1.49. The smallest absolute Gasteiger partial charge is 0.392 e. The number of benzene rings is 1. The minimum atomic E-state index is -0.709. The maximum Gasteiger partial charge on any atom is 0.441 e. The molecule has 0 aliphatic rings. The zero-order chi connectivity index (χ0) is 12.6. The van der Waals surface area contributed by atoms with Gasteiger partial charge in [-0.05, 0) is 12.1 Å². The van der Waals surface area contributed by atoms with Crippen LogP contribution in [0.15, 0.2) is 27.4 Å². The number of nitro groups is 1. The molecule has 0 aliphatic carbocycles. The van der Waals surface area contributed by atoms with Crippen LogP contribution in [0, 0.1) is 17.0 Å². The van der Waals surface area contributed by atoms with Gasteiger partial charge in [0.1, 0.15) is 5.02 Å². The van der Waals surface area contributed by atoms with Crippen LogP contribution in [0.25, 0.3) is 5.69 Å². The number of aryl methyl sites for hydroxylation is 1. The third-order valence-electron chi connectivity index (χ3n) is 2.02. The molecule has 17 heavy (non-hydrogen) atoms. The molecular weight excluding hydrogens is 250 g/mol. The number of aromatic nitrogens is 2. The van der Waals surface area contributed by atoms with E-state index in [1.165, 1.54) is 19.1 Å². The SMILES string of the molecule is Cc1nn(-c2ccc(Cl)c([N+](=O)[O-])c2)c(=O)o1. The Morgan fingerprint density at radius 1 is 1.53 bits per heavy atom. The highest BCUT2D eigenvalue weighted by atomic mass is 35.5. The van der Waals surface area contributed by atoms with Crippen LogP contribution in [0.1, 0.15) is 5.89 Å². The van der Waals surface area contributed by atoms with Crippen molar-refractivity contribution >= 4 is 17.3 Å². The highest BCUT2D eigenvalue weighted by Gasteiger charge is 2.15. The monoisotopic (exact) mass is 255 g/mol. The molecule has 2 aromatic rings. The summed E-state index contributed by atoms with van der Waals surface area (Å²) in [4.78, 5) is 21.4. The van der Waals surface area contributed by atoms with Crippen molar-refractivity contribution in [2.24, 2.45) is 0 Å². The van der Waals surface area contributed by atoms with Gasteiger partial charge >= 0.3 is 5.76 Å². The third kappa shape index (κ3) is 2.04. The Morgan fingerprint density at radius 2 is 2.24 bits per heavy atom. The fourth-order valence-electron chi connectivity index (χ4n) is 1.31. The van der Waals surface area contributed by atoms with E-state index in [1.54, 1.807) is 0 Å². The second-order valence-corrected chi connectivity index (χ2v) is 3.60. The lowest BCUT2D eigenvalue weighted by Crippen LogP contribution is -2.13. The number of nitrogens with zero attached hydrogens (tertiary/aromatic N) is 3. The average molecular weight is 256 g/mol. The summed E-state index contributed by atoms with van der Waals surface area (Å²) in [5.41, 5.74) is -0.0698. The first kappa shape index (κ1) is 11.3. The number of hydrogen-bond donors (Lipinski definition) is 0. The molecule has 0 N–H and O–H groups in total. The van der Waals surface area contributed by atoms with E-state index in [4.69, 9.17) is 16.0 Å². The first-order valence-corrected chi connectivity index (χ1v) is 4.88. The zero-order valence-electron chi connectivity index (χ0n) is 8.58. The number of rotatable bonds is 2. The molecule has 1 heterocycles. The topological polar surface area (TPSA) is 91.2 Å². The summed E-state index contributed by atoms with van der Waals surface area (Å²) in [6.07, 6.45) is 0. The van der Waals surface area contributed by atoms with Crippen molar-refractivity contribution in [1.82, 2.24) is 9.78 Å². The highest BCUT2D eigenvalue weighted by Crippen LogP contribution is 2.25. The van der Waals surface area contributed by atoms with E-state index in [0.29, 0.717) is 0 Å². The minimum absolute atomic E-state index is 0.00739. The molecule has 7 nitrogen and oxygen atoms in total. The van der Waals surface area contributed by atoms with Gasteiger partial charge in [-0.2, -0.15) is 4.68 Å². The Hall–Kier alpha value is -2.15.